The van der Waals surface area contributed by atoms with Crippen LogP contribution in [0, 0.1) is 5.92 Å². The van der Waals surface area contributed by atoms with Crippen LogP contribution >= 0.6 is 12.4 Å². The lowest BCUT2D eigenvalue weighted by molar-refractivity contribution is -0.122. The van der Waals surface area contributed by atoms with Crippen LogP contribution in [0.4, 0.5) is 0 Å². The van der Waals surface area contributed by atoms with Crippen molar-refractivity contribution < 1.29 is 4.79 Å². The topological polar surface area (TPSA) is 41.1 Å². The van der Waals surface area contributed by atoms with Crippen molar-refractivity contribution in [3.63, 3.8) is 0 Å². The summed E-state index contributed by atoms with van der Waals surface area (Å²) in [7, 11) is 0. The average Bonchev–Trinajstić information content (AvgIpc) is 2.48. The zero-order valence-corrected chi connectivity index (χ0v) is 13.8. The van der Waals surface area contributed by atoms with Gasteiger partial charge in [0, 0.05) is 19.0 Å². The van der Waals surface area contributed by atoms with Gasteiger partial charge in [-0.25, -0.2) is 0 Å². The van der Waals surface area contributed by atoms with E-state index in [2.05, 4.69) is 48.7 Å². The third-order valence-corrected chi connectivity index (χ3v) is 4.25. The summed E-state index contributed by atoms with van der Waals surface area (Å²) < 4.78 is 0. The van der Waals surface area contributed by atoms with Gasteiger partial charge in [0.25, 0.3) is 0 Å². The first-order valence-electron chi connectivity index (χ1n) is 7.77. The van der Waals surface area contributed by atoms with E-state index >= 15 is 0 Å². The van der Waals surface area contributed by atoms with Gasteiger partial charge in [0.2, 0.25) is 5.91 Å². The fourth-order valence-corrected chi connectivity index (χ4v) is 2.66. The second-order valence-electron chi connectivity index (χ2n) is 5.81. The van der Waals surface area contributed by atoms with E-state index in [4.69, 9.17) is 0 Å². The molecule has 0 radical (unpaired) electrons. The summed E-state index contributed by atoms with van der Waals surface area (Å²) in [6, 6.07) is 8.87. The van der Waals surface area contributed by atoms with Crippen LogP contribution in [0.25, 0.3) is 0 Å². The largest absolute Gasteiger partial charge is 0.352 e. The molecule has 0 saturated carbocycles. The Morgan fingerprint density at radius 1 is 1.29 bits per heavy atom. The number of carbonyl (C=O) groups is 1. The van der Waals surface area contributed by atoms with E-state index < -0.39 is 0 Å². The van der Waals surface area contributed by atoms with Crippen molar-refractivity contribution in [1.29, 1.82) is 0 Å². The highest BCUT2D eigenvalue weighted by molar-refractivity contribution is 5.85. The second-order valence-corrected chi connectivity index (χ2v) is 5.81. The smallest absolute Gasteiger partial charge is 0.220 e. The number of piperidine rings is 1. The van der Waals surface area contributed by atoms with Gasteiger partial charge in [0.05, 0.1) is 0 Å². The number of hydrogen-bond donors (Lipinski definition) is 2. The summed E-state index contributed by atoms with van der Waals surface area (Å²) in [5.74, 6) is 0.745. The van der Waals surface area contributed by atoms with Crippen LogP contribution in [0.2, 0.25) is 0 Å². The number of halogens is 1. The molecule has 0 aromatic heterocycles. The molecule has 1 fully saturated rings. The van der Waals surface area contributed by atoms with Crippen molar-refractivity contribution in [2.24, 2.45) is 5.92 Å². The molecule has 1 aliphatic rings. The number of carbonyl (C=O) groups excluding carboxylic acids is 1. The molecule has 2 atom stereocenters. The normalized spacial score (nSPS) is 21.4. The maximum Gasteiger partial charge on any atom is 0.220 e. The minimum atomic E-state index is 0. The third-order valence-electron chi connectivity index (χ3n) is 4.25. The van der Waals surface area contributed by atoms with Crippen molar-refractivity contribution in [2.45, 2.75) is 45.6 Å². The molecule has 1 heterocycles. The van der Waals surface area contributed by atoms with Crippen molar-refractivity contribution in [1.82, 2.24) is 10.6 Å². The SMILES string of the molecule is CCc1ccc(CCC(=O)NC2CNCCC2C)cc1.Cl. The summed E-state index contributed by atoms with van der Waals surface area (Å²) in [6.45, 7) is 6.34. The maximum absolute atomic E-state index is 12.0. The monoisotopic (exact) mass is 310 g/mol. The van der Waals surface area contributed by atoms with Crippen molar-refractivity contribution >= 4 is 18.3 Å². The fraction of sp³-hybridized carbons (Fsp3) is 0.588. The molecule has 1 aliphatic heterocycles. The Kier molecular flexibility index (Phi) is 7.76. The van der Waals surface area contributed by atoms with Crippen LogP contribution in [0.15, 0.2) is 24.3 Å². The van der Waals surface area contributed by atoms with Gasteiger partial charge in [-0.15, -0.1) is 12.4 Å². The van der Waals surface area contributed by atoms with E-state index in [0.717, 1.165) is 32.4 Å². The van der Waals surface area contributed by atoms with Gasteiger partial charge in [0.15, 0.2) is 0 Å². The lowest BCUT2D eigenvalue weighted by Crippen LogP contribution is -2.50. The number of rotatable bonds is 5. The van der Waals surface area contributed by atoms with E-state index in [9.17, 15) is 4.79 Å². The predicted octanol–water partition coefficient (Wildman–Crippen LogP) is 2.72. The molecule has 4 heteroatoms. The lowest BCUT2D eigenvalue weighted by atomic mass is 9.94. The second kappa shape index (κ2) is 9.06. The molecular weight excluding hydrogens is 284 g/mol. The summed E-state index contributed by atoms with van der Waals surface area (Å²) >= 11 is 0. The molecule has 1 aromatic carbocycles. The number of benzene rings is 1. The lowest BCUT2D eigenvalue weighted by Gasteiger charge is -2.30. The third kappa shape index (κ3) is 5.68. The van der Waals surface area contributed by atoms with Gasteiger partial charge in [-0.2, -0.15) is 0 Å². The molecular formula is C17H27ClN2O. The standard InChI is InChI=1S/C17H26N2O.ClH/c1-3-14-4-6-15(7-5-14)8-9-17(20)19-16-12-18-11-10-13(16)2;/h4-7,13,16,18H,3,8-12H2,1-2H3,(H,19,20);1H. The molecule has 1 amide bonds. The molecule has 0 bridgehead atoms. The summed E-state index contributed by atoms with van der Waals surface area (Å²) in [5, 5.41) is 6.50. The fourth-order valence-electron chi connectivity index (χ4n) is 2.66. The minimum absolute atomic E-state index is 0. The van der Waals surface area contributed by atoms with Crippen LogP contribution in [-0.2, 0) is 17.6 Å². The van der Waals surface area contributed by atoms with Gasteiger partial charge >= 0.3 is 0 Å². The molecule has 21 heavy (non-hydrogen) atoms. The highest BCUT2D eigenvalue weighted by Gasteiger charge is 2.22. The molecule has 0 aliphatic carbocycles. The first kappa shape index (κ1) is 18.0. The number of hydrogen-bond acceptors (Lipinski definition) is 2. The van der Waals surface area contributed by atoms with E-state index in [-0.39, 0.29) is 18.3 Å². The van der Waals surface area contributed by atoms with E-state index in [1.54, 1.807) is 0 Å². The summed E-state index contributed by atoms with van der Waals surface area (Å²) in [4.78, 5) is 12.0. The highest BCUT2D eigenvalue weighted by atomic mass is 35.5. The quantitative estimate of drug-likeness (QED) is 0.878. The van der Waals surface area contributed by atoms with E-state index in [0.29, 0.717) is 18.4 Å². The molecule has 2 unspecified atom stereocenters. The van der Waals surface area contributed by atoms with Crippen LogP contribution in [0.1, 0.15) is 37.8 Å². The van der Waals surface area contributed by atoms with Gasteiger partial charge < -0.3 is 10.6 Å². The zero-order chi connectivity index (χ0) is 14.4. The highest BCUT2D eigenvalue weighted by Crippen LogP contribution is 2.12. The maximum atomic E-state index is 12.0. The van der Waals surface area contributed by atoms with Crippen LogP contribution in [0.3, 0.4) is 0 Å². The average molecular weight is 311 g/mol. The van der Waals surface area contributed by atoms with E-state index in [1.807, 2.05) is 0 Å². The Labute approximate surface area is 134 Å². The number of aryl methyl sites for hydroxylation is 2. The Bertz CT molecular complexity index is 433. The molecule has 3 nitrogen and oxygen atoms in total. The Balaban J connectivity index is 0.00000220. The van der Waals surface area contributed by atoms with Gasteiger partial charge in [-0.1, -0.05) is 38.1 Å². The van der Waals surface area contributed by atoms with E-state index in [1.165, 1.54) is 11.1 Å². The number of amides is 1. The predicted molar refractivity (Wildman–Crippen MR) is 90.0 cm³/mol. The van der Waals surface area contributed by atoms with Gasteiger partial charge in [0.1, 0.15) is 0 Å². The first-order chi connectivity index (χ1) is 9.69. The molecule has 2 rings (SSSR count). The van der Waals surface area contributed by atoms with Gasteiger partial charge in [-0.3, -0.25) is 4.79 Å². The van der Waals surface area contributed by atoms with Crippen molar-refractivity contribution in [3.8, 4) is 0 Å². The van der Waals surface area contributed by atoms with Crippen LogP contribution in [0.5, 0.6) is 0 Å². The number of nitrogens with one attached hydrogen (secondary N) is 2. The zero-order valence-electron chi connectivity index (χ0n) is 13.0. The Morgan fingerprint density at radius 3 is 2.57 bits per heavy atom. The molecule has 2 N–H and O–H groups in total. The Hall–Kier alpha value is -1.06. The van der Waals surface area contributed by atoms with Crippen LogP contribution in [-0.4, -0.2) is 25.0 Å². The van der Waals surface area contributed by atoms with Crippen molar-refractivity contribution in [3.05, 3.63) is 35.4 Å². The minimum Gasteiger partial charge on any atom is -0.352 e. The van der Waals surface area contributed by atoms with Crippen LogP contribution < -0.4 is 10.6 Å². The molecule has 0 spiro atoms. The molecule has 1 saturated heterocycles. The molecule has 118 valence electrons. The van der Waals surface area contributed by atoms with Gasteiger partial charge in [-0.05, 0) is 42.9 Å². The Morgan fingerprint density at radius 2 is 1.95 bits per heavy atom. The molecule has 1 aromatic rings. The summed E-state index contributed by atoms with van der Waals surface area (Å²) in [6.07, 6.45) is 3.61. The first-order valence-corrected chi connectivity index (χ1v) is 7.77. The van der Waals surface area contributed by atoms with Crippen molar-refractivity contribution in [2.75, 3.05) is 13.1 Å². The summed E-state index contributed by atoms with van der Waals surface area (Å²) in [5.41, 5.74) is 2.59.